The van der Waals surface area contributed by atoms with E-state index in [9.17, 15) is 14.9 Å². The van der Waals surface area contributed by atoms with Gasteiger partial charge < -0.3 is 14.8 Å². The SMILES string of the molecule is CCOC(=O)[C@H](Nc1ccc(OC)cc1)[C@H](C)[N+](=O)[O-]. The van der Waals surface area contributed by atoms with Crippen molar-refractivity contribution in [2.75, 3.05) is 19.0 Å². The highest BCUT2D eigenvalue weighted by Gasteiger charge is 2.34. The summed E-state index contributed by atoms with van der Waals surface area (Å²) in [6.45, 7) is 3.18. The standard InChI is InChI=1S/C13H18N2O5/c1-4-20-13(16)12(9(2)15(17)18)14-10-5-7-11(19-3)8-6-10/h5-9,12,14H,4H2,1-3H3/t9-,12+/m0/s1. The molecule has 110 valence electrons. The first-order chi connectivity index (χ1) is 9.49. The van der Waals surface area contributed by atoms with Crippen molar-refractivity contribution in [2.24, 2.45) is 0 Å². The van der Waals surface area contributed by atoms with Gasteiger partial charge >= 0.3 is 5.97 Å². The van der Waals surface area contributed by atoms with E-state index in [-0.39, 0.29) is 6.61 Å². The van der Waals surface area contributed by atoms with Crippen molar-refractivity contribution in [3.8, 4) is 5.75 Å². The largest absolute Gasteiger partial charge is 0.497 e. The lowest BCUT2D eigenvalue weighted by atomic mass is 10.1. The Hall–Kier alpha value is -2.31. The molecule has 0 aliphatic carbocycles. The molecular formula is C13H18N2O5. The monoisotopic (exact) mass is 282 g/mol. The summed E-state index contributed by atoms with van der Waals surface area (Å²) in [7, 11) is 1.54. The third kappa shape index (κ3) is 4.11. The number of carbonyl (C=O) groups is 1. The molecule has 0 saturated carbocycles. The minimum absolute atomic E-state index is 0.171. The van der Waals surface area contributed by atoms with E-state index in [4.69, 9.17) is 9.47 Å². The number of nitro groups is 1. The lowest BCUT2D eigenvalue weighted by molar-refractivity contribution is -0.518. The van der Waals surface area contributed by atoms with Crippen LogP contribution in [0.5, 0.6) is 5.75 Å². The molecule has 0 fully saturated rings. The molecule has 0 amide bonds. The van der Waals surface area contributed by atoms with Gasteiger partial charge in [-0.25, -0.2) is 4.79 Å². The van der Waals surface area contributed by atoms with Crippen LogP contribution in [0.4, 0.5) is 5.69 Å². The number of hydrogen-bond donors (Lipinski definition) is 1. The van der Waals surface area contributed by atoms with Crippen LogP contribution in [0.25, 0.3) is 0 Å². The maximum absolute atomic E-state index is 11.8. The van der Waals surface area contributed by atoms with Crippen LogP contribution in [0.15, 0.2) is 24.3 Å². The van der Waals surface area contributed by atoms with E-state index in [0.717, 1.165) is 0 Å². The van der Waals surface area contributed by atoms with Crippen molar-refractivity contribution < 1.29 is 19.2 Å². The molecule has 1 aromatic carbocycles. The number of esters is 1. The van der Waals surface area contributed by atoms with E-state index < -0.39 is 23.0 Å². The van der Waals surface area contributed by atoms with Gasteiger partial charge in [0.15, 0.2) is 6.04 Å². The average molecular weight is 282 g/mol. The molecule has 0 saturated heterocycles. The zero-order chi connectivity index (χ0) is 15.1. The molecule has 20 heavy (non-hydrogen) atoms. The predicted octanol–water partition coefficient (Wildman–Crippen LogP) is 1.70. The molecule has 0 aliphatic heterocycles. The van der Waals surface area contributed by atoms with E-state index in [1.807, 2.05) is 0 Å². The molecule has 7 heteroatoms. The van der Waals surface area contributed by atoms with Crippen LogP contribution in [-0.4, -0.2) is 36.7 Å². The summed E-state index contributed by atoms with van der Waals surface area (Å²) in [6, 6.07) is 4.60. The molecule has 0 heterocycles. The Bertz CT molecular complexity index is 460. The fourth-order valence-corrected chi connectivity index (χ4v) is 1.60. The van der Waals surface area contributed by atoms with E-state index in [2.05, 4.69) is 5.32 Å². The van der Waals surface area contributed by atoms with Crippen LogP contribution in [0, 0.1) is 10.1 Å². The first-order valence-corrected chi connectivity index (χ1v) is 6.20. The van der Waals surface area contributed by atoms with Crippen molar-refractivity contribution in [3.63, 3.8) is 0 Å². The Labute approximate surface area is 117 Å². The number of ether oxygens (including phenoxy) is 2. The summed E-state index contributed by atoms with van der Waals surface area (Å²) in [6.07, 6.45) is 0. The van der Waals surface area contributed by atoms with Gasteiger partial charge in [-0.05, 0) is 31.2 Å². The maximum atomic E-state index is 11.8. The van der Waals surface area contributed by atoms with Gasteiger partial charge in [0.1, 0.15) is 5.75 Å². The van der Waals surface area contributed by atoms with Gasteiger partial charge in [-0.1, -0.05) is 0 Å². The van der Waals surface area contributed by atoms with E-state index >= 15 is 0 Å². The van der Waals surface area contributed by atoms with Gasteiger partial charge in [0.2, 0.25) is 6.04 Å². The van der Waals surface area contributed by atoms with Crippen molar-refractivity contribution >= 4 is 11.7 Å². The van der Waals surface area contributed by atoms with Crippen LogP contribution in [0.1, 0.15) is 13.8 Å². The third-order valence-electron chi connectivity index (χ3n) is 2.77. The Morgan fingerprint density at radius 3 is 2.45 bits per heavy atom. The van der Waals surface area contributed by atoms with Crippen molar-refractivity contribution in [3.05, 3.63) is 34.4 Å². The third-order valence-corrected chi connectivity index (χ3v) is 2.77. The number of hydrogen-bond acceptors (Lipinski definition) is 6. The summed E-state index contributed by atoms with van der Waals surface area (Å²) in [4.78, 5) is 22.2. The topological polar surface area (TPSA) is 90.7 Å². The van der Waals surface area contributed by atoms with Crippen molar-refractivity contribution in [1.29, 1.82) is 0 Å². The van der Waals surface area contributed by atoms with Crippen LogP contribution in [0.3, 0.4) is 0 Å². The van der Waals surface area contributed by atoms with Gasteiger partial charge in [-0.3, -0.25) is 10.1 Å². The van der Waals surface area contributed by atoms with Crippen LogP contribution >= 0.6 is 0 Å². The molecule has 1 aromatic rings. The molecule has 0 bridgehead atoms. The Kier molecular flexibility index (Phi) is 5.76. The molecule has 1 rings (SSSR count). The quantitative estimate of drug-likeness (QED) is 0.465. The highest BCUT2D eigenvalue weighted by atomic mass is 16.6. The lowest BCUT2D eigenvalue weighted by Crippen LogP contribution is -2.44. The minimum atomic E-state index is -1.10. The molecule has 0 spiro atoms. The first-order valence-electron chi connectivity index (χ1n) is 6.20. The lowest BCUT2D eigenvalue weighted by Gasteiger charge is -2.19. The van der Waals surface area contributed by atoms with Crippen molar-refractivity contribution in [1.82, 2.24) is 0 Å². The van der Waals surface area contributed by atoms with Gasteiger partial charge in [0.05, 0.1) is 13.7 Å². The molecule has 0 radical (unpaired) electrons. The Morgan fingerprint density at radius 2 is 2.00 bits per heavy atom. The smallest absolute Gasteiger partial charge is 0.335 e. The fourth-order valence-electron chi connectivity index (χ4n) is 1.60. The van der Waals surface area contributed by atoms with Crippen LogP contribution in [-0.2, 0) is 9.53 Å². The first kappa shape index (κ1) is 15.7. The summed E-state index contributed by atoms with van der Waals surface area (Å²) < 4.78 is 9.88. The van der Waals surface area contributed by atoms with E-state index in [1.165, 1.54) is 6.92 Å². The number of nitrogens with one attached hydrogen (secondary N) is 1. The normalized spacial score (nSPS) is 13.2. The van der Waals surface area contributed by atoms with Gasteiger partial charge in [-0.15, -0.1) is 0 Å². The Morgan fingerprint density at radius 1 is 1.40 bits per heavy atom. The molecule has 1 N–H and O–H groups in total. The number of anilines is 1. The summed E-state index contributed by atoms with van der Waals surface area (Å²) in [5.41, 5.74) is 0.581. The molecule has 0 aliphatic rings. The minimum Gasteiger partial charge on any atom is -0.497 e. The van der Waals surface area contributed by atoms with E-state index in [0.29, 0.717) is 11.4 Å². The van der Waals surface area contributed by atoms with Gasteiger partial charge in [0.25, 0.3) is 0 Å². The number of methoxy groups -OCH3 is 1. The second kappa shape index (κ2) is 7.32. The molecule has 7 nitrogen and oxygen atoms in total. The average Bonchev–Trinajstić information content (AvgIpc) is 2.44. The number of nitrogens with zero attached hydrogens (tertiary/aromatic N) is 1. The van der Waals surface area contributed by atoms with E-state index in [1.54, 1.807) is 38.3 Å². The number of carbonyl (C=O) groups excluding carboxylic acids is 1. The second-order valence-corrected chi connectivity index (χ2v) is 4.13. The molecular weight excluding hydrogens is 264 g/mol. The predicted molar refractivity (Wildman–Crippen MR) is 73.5 cm³/mol. The zero-order valence-electron chi connectivity index (χ0n) is 11.7. The highest BCUT2D eigenvalue weighted by Crippen LogP contribution is 2.17. The van der Waals surface area contributed by atoms with Gasteiger partial charge in [0, 0.05) is 17.5 Å². The fraction of sp³-hybridized carbons (Fsp3) is 0.462. The molecule has 0 unspecified atom stereocenters. The van der Waals surface area contributed by atoms with Crippen LogP contribution < -0.4 is 10.1 Å². The highest BCUT2D eigenvalue weighted by molar-refractivity contribution is 5.80. The Balaban J connectivity index is 2.87. The van der Waals surface area contributed by atoms with Crippen LogP contribution in [0.2, 0.25) is 0 Å². The number of benzene rings is 1. The summed E-state index contributed by atoms with van der Waals surface area (Å²) in [5.74, 6) is 0.0121. The zero-order valence-corrected chi connectivity index (χ0v) is 11.7. The molecule has 0 aromatic heterocycles. The van der Waals surface area contributed by atoms with Gasteiger partial charge in [-0.2, -0.15) is 0 Å². The molecule has 2 atom stereocenters. The summed E-state index contributed by atoms with van der Waals surface area (Å²) in [5, 5.41) is 13.7. The number of rotatable bonds is 7. The van der Waals surface area contributed by atoms with Crippen molar-refractivity contribution in [2.45, 2.75) is 25.9 Å². The maximum Gasteiger partial charge on any atom is 0.335 e. The summed E-state index contributed by atoms with van der Waals surface area (Å²) >= 11 is 0. The second-order valence-electron chi connectivity index (χ2n) is 4.13.